The Morgan fingerprint density at radius 1 is 1.00 bits per heavy atom. The maximum absolute atomic E-state index is 12.7. The molecular formula is C18H18N2O4S. The second kappa shape index (κ2) is 6.60. The zero-order chi connectivity index (χ0) is 18.0. The molecule has 1 heterocycles. The summed E-state index contributed by atoms with van der Waals surface area (Å²) in [5.74, 6) is 0.981. The van der Waals surface area contributed by atoms with E-state index in [1.807, 2.05) is 13.0 Å². The fourth-order valence-corrected chi connectivity index (χ4v) is 3.78. The van der Waals surface area contributed by atoms with Gasteiger partial charge in [-0.2, -0.15) is 0 Å². The van der Waals surface area contributed by atoms with Crippen LogP contribution in [0.2, 0.25) is 0 Å². The van der Waals surface area contributed by atoms with Gasteiger partial charge in [0, 0.05) is 11.5 Å². The lowest BCUT2D eigenvalue weighted by Crippen LogP contribution is -2.14. The summed E-state index contributed by atoms with van der Waals surface area (Å²) in [6.45, 7) is 1.82. The molecule has 0 fully saturated rings. The normalized spacial score (nSPS) is 11.3. The molecular weight excluding hydrogens is 340 g/mol. The van der Waals surface area contributed by atoms with Crippen molar-refractivity contribution in [3.8, 4) is 11.5 Å². The number of rotatable bonds is 5. The number of benzene rings is 2. The van der Waals surface area contributed by atoms with E-state index in [4.69, 9.17) is 9.47 Å². The average Bonchev–Trinajstić information content (AvgIpc) is 2.61. The van der Waals surface area contributed by atoms with Crippen molar-refractivity contribution >= 4 is 26.6 Å². The van der Waals surface area contributed by atoms with Crippen LogP contribution >= 0.6 is 0 Å². The number of nitrogens with zero attached hydrogens (tertiary/aromatic N) is 1. The minimum absolute atomic E-state index is 0.0878. The van der Waals surface area contributed by atoms with Crippen molar-refractivity contribution in [2.24, 2.45) is 0 Å². The number of nitrogens with one attached hydrogen (secondary N) is 1. The number of pyridine rings is 1. The summed E-state index contributed by atoms with van der Waals surface area (Å²) in [7, 11) is -0.778. The first-order chi connectivity index (χ1) is 11.9. The molecule has 25 heavy (non-hydrogen) atoms. The largest absolute Gasteiger partial charge is 0.497 e. The Balaban J connectivity index is 1.98. The number of aryl methyl sites for hydroxylation is 1. The van der Waals surface area contributed by atoms with Gasteiger partial charge in [-0.25, -0.2) is 8.42 Å². The third-order valence-corrected chi connectivity index (χ3v) is 5.15. The molecule has 0 atom stereocenters. The van der Waals surface area contributed by atoms with Gasteiger partial charge < -0.3 is 9.47 Å². The van der Waals surface area contributed by atoms with E-state index in [0.29, 0.717) is 11.4 Å². The molecule has 0 radical (unpaired) electrons. The van der Waals surface area contributed by atoms with Gasteiger partial charge in [0.1, 0.15) is 16.4 Å². The van der Waals surface area contributed by atoms with Gasteiger partial charge in [-0.05, 0) is 42.8 Å². The second-order valence-corrected chi connectivity index (χ2v) is 7.19. The van der Waals surface area contributed by atoms with Gasteiger partial charge in [-0.3, -0.25) is 9.71 Å². The zero-order valence-corrected chi connectivity index (χ0v) is 14.9. The maximum atomic E-state index is 12.7. The average molecular weight is 358 g/mol. The number of hydrogen-bond acceptors (Lipinski definition) is 5. The molecule has 0 aliphatic rings. The SMILES string of the molecule is COc1ccc2cc(NS(=O)(=O)c3cc(C)ccc3OC)cnc2c1. The minimum atomic E-state index is -3.80. The highest BCUT2D eigenvalue weighted by atomic mass is 32.2. The topological polar surface area (TPSA) is 77.5 Å². The van der Waals surface area contributed by atoms with E-state index in [9.17, 15) is 8.42 Å². The number of ether oxygens (including phenoxy) is 2. The van der Waals surface area contributed by atoms with Gasteiger partial charge in [0.2, 0.25) is 0 Å². The summed E-state index contributed by atoms with van der Waals surface area (Å²) < 4.78 is 38.4. The molecule has 0 amide bonds. The van der Waals surface area contributed by atoms with Gasteiger partial charge in [0.05, 0.1) is 31.6 Å². The molecule has 0 unspecified atom stereocenters. The molecule has 0 saturated heterocycles. The highest BCUT2D eigenvalue weighted by Crippen LogP contribution is 2.28. The summed E-state index contributed by atoms with van der Waals surface area (Å²) in [5.41, 5.74) is 1.92. The first-order valence-electron chi connectivity index (χ1n) is 7.54. The smallest absolute Gasteiger partial charge is 0.265 e. The Bertz CT molecular complexity index is 1030. The molecule has 0 aliphatic carbocycles. The van der Waals surface area contributed by atoms with Gasteiger partial charge >= 0.3 is 0 Å². The number of anilines is 1. The highest BCUT2D eigenvalue weighted by Gasteiger charge is 2.20. The molecule has 1 N–H and O–H groups in total. The molecule has 7 heteroatoms. The van der Waals surface area contributed by atoms with Gasteiger partial charge in [0.25, 0.3) is 10.0 Å². The zero-order valence-electron chi connectivity index (χ0n) is 14.1. The van der Waals surface area contributed by atoms with Crippen molar-refractivity contribution in [3.05, 3.63) is 54.2 Å². The minimum Gasteiger partial charge on any atom is -0.497 e. The van der Waals surface area contributed by atoms with E-state index < -0.39 is 10.0 Å². The molecule has 0 saturated carbocycles. The van der Waals surface area contributed by atoms with Gasteiger partial charge in [-0.1, -0.05) is 6.07 Å². The standard InChI is InChI=1S/C18H18N2O4S/c1-12-4-7-17(24-3)18(8-12)25(21,22)20-14-9-13-5-6-15(23-2)10-16(13)19-11-14/h4-11,20H,1-3H3. The van der Waals surface area contributed by atoms with Crippen molar-refractivity contribution < 1.29 is 17.9 Å². The van der Waals surface area contributed by atoms with Crippen LogP contribution < -0.4 is 14.2 Å². The first-order valence-corrected chi connectivity index (χ1v) is 9.02. The second-order valence-electron chi connectivity index (χ2n) is 5.54. The lowest BCUT2D eigenvalue weighted by atomic mass is 10.2. The number of aromatic nitrogens is 1. The van der Waals surface area contributed by atoms with Crippen LogP contribution in [0.3, 0.4) is 0 Å². The molecule has 0 bridgehead atoms. The number of hydrogen-bond donors (Lipinski definition) is 1. The predicted molar refractivity (Wildman–Crippen MR) is 96.8 cm³/mol. The molecule has 0 spiro atoms. The molecule has 0 aliphatic heterocycles. The molecule has 130 valence electrons. The summed E-state index contributed by atoms with van der Waals surface area (Å²) in [4.78, 5) is 4.38. The summed E-state index contributed by atoms with van der Waals surface area (Å²) in [5, 5.41) is 0.803. The van der Waals surface area contributed by atoms with Crippen molar-refractivity contribution in [1.82, 2.24) is 4.98 Å². The first kappa shape index (κ1) is 17.0. The Labute approximate surface area is 146 Å². The van der Waals surface area contributed by atoms with Crippen LogP contribution in [0.25, 0.3) is 10.9 Å². The predicted octanol–water partition coefficient (Wildman–Crippen LogP) is 3.36. The van der Waals surface area contributed by atoms with E-state index in [-0.39, 0.29) is 10.6 Å². The van der Waals surface area contributed by atoms with Crippen LogP contribution in [-0.2, 0) is 10.0 Å². The Morgan fingerprint density at radius 3 is 2.52 bits per heavy atom. The van der Waals surface area contributed by atoms with Gasteiger partial charge in [0.15, 0.2) is 0 Å². The summed E-state index contributed by atoms with van der Waals surface area (Å²) in [6.07, 6.45) is 1.47. The van der Waals surface area contributed by atoms with Crippen molar-refractivity contribution in [1.29, 1.82) is 0 Å². The highest BCUT2D eigenvalue weighted by molar-refractivity contribution is 7.92. The quantitative estimate of drug-likeness (QED) is 0.757. The van der Waals surface area contributed by atoms with E-state index in [1.54, 1.807) is 43.5 Å². The maximum Gasteiger partial charge on any atom is 0.265 e. The monoisotopic (exact) mass is 358 g/mol. The summed E-state index contributed by atoms with van der Waals surface area (Å²) >= 11 is 0. The lowest BCUT2D eigenvalue weighted by molar-refractivity contribution is 0.402. The third kappa shape index (κ3) is 3.51. The van der Waals surface area contributed by atoms with Crippen molar-refractivity contribution in [2.45, 2.75) is 11.8 Å². The third-order valence-electron chi connectivity index (χ3n) is 3.75. The molecule has 3 aromatic rings. The molecule has 2 aromatic carbocycles. The fourth-order valence-electron chi connectivity index (χ4n) is 2.49. The number of methoxy groups -OCH3 is 2. The fraction of sp³-hybridized carbons (Fsp3) is 0.167. The van der Waals surface area contributed by atoms with E-state index in [0.717, 1.165) is 16.5 Å². The Hall–Kier alpha value is -2.80. The van der Waals surface area contributed by atoms with Crippen LogP contribution in [0.4, 0.5) is 5.69 Å². The van der Waals surface area contributed by atoms with Crippen molar-refractivity contribution in [2.75, 3.05) is 18.9 Å². The van der Waals surface area contributed by atoms with Crippen LogP contribution in [-0.4, -0.2) is 27.6 Å². The van der Waals surface area contributed by atoms with Crippen LogP contribution in [0.15, 0.2) is 53.6 Å². The van der Waals surface area contributed by atoms with Crippen molar-refractivity contribution in [3.63, 3.8) is 0 Å². The van der Waals surface area contributed by atoms with Crippen LogP contribution in [0.5, 0.6) is 11.5 Å². The molecule has 1 aromatic heterocycles. The molecule has 6 nitrogen and oxygen atoms in total. The van der Waals surface area contributed by atoms with Crippen LogP contribution in [0, 0.1) is 6.92 Å². The van der Waals surface area contributed by atoms with Crippen LogP contribution in [0.1, 0.15) is 5.56 Å². The number of fused-ring (bicyclic) bond motifs is 1. The van der Waals surface area contributed by atoms with E-state index >= 15 is 0 Å². The number of sulfonamides is 1. The molecule has 3 rings (SSSR count). The Morgan fingerprint density at radius 2 is 1.80 bits per heavy atom. The summed E-state index contributed by atoms with van der Waals surface area (Å²) in [6, 6.07) is 12.1. The van der Waals surface area contributed by atoms with Gasteiger partial charge in [-0.15, -0.1) is 0 Å². The lowest BCUT2D eigenvalue weighted by Gasteiger charge is -2.12. The van der Waals surface area contributed by atoms with E-state index in [2.05, 4.69) is 9.71 Å². The Kier molecular flexibility index (Phi) is 4.50. The van der Waals surface area contributed by atoms with E-state index in [1.165, 1.54) is 13.3 Å².